The van der Waals surface area contributed by atoms with Gasteiger partial charge in [-0.25, -0.2) is 4.79 Å². The zero-order valence-corrected chi connectivity index (χ0v) is 14.6. The Hall–Kier alpha value is -2.50. The second kappa shape index (κ2) is 7.38. The van der Waals surface area contributed by atoms with E-state index >= 15 is 0 Å². The maximum Gasteiger partial charge on any atom is 0.336 e. The Kier molecular flexibility index (Phi) is 5.49. The summed E-state index contributed by atoms with van der Waals surface area (Å²) in [5.41, 5.74) is 2.35. The molecule has 0 N–H and O–H groups in total. The lowest BCUT2D eigenvalue weighted by atomic mass is 9.76. The second-order valence-corrected chi connectivity index (χ2v) is 5.97. The zero-order valence-electron chi connectivity index (χ0n) is 14.6. The van der Waals surface area contributed by atoms with Gasteiger partial charge in [0.1, 0.15) is 5.92 Å². The highest BCUT2D eigenvalue weighted by Gasteiger charge is 2.42. The molecule has 2 heterocycles. The lowest BCUT2D eigenvalue weighted by Crippen LogP contribution is -2.36. The molecule has 6 heteroatoms. The van der Waals surface area contributed by atoms with Crippen molar-refractivity contribution in [1.82, 2.24) is 4.98 Å². The standard InChI is InChI=1S/C18H22N2O4/c1-10(2)24-18(22)15-12(4)20-11(3)14(17(21)23-5)16(15)13-6-8-19-9-7-13/h6-10,14,16H,1-5H3. The number of hydrogen-bond donors (Lipinski definition) is 0. The largest absolute Gasteiger partial charge is 0.468 e. The fourth-order valence-electron chi connectivity index (χ4n) is 2.94. The quantitative estimate of drug-likeness (QED) is 0.793. The van der Waals surface area contributed by atoms with Crippen LogP contribution < -0.4 is 0 Å². The van der Waals surface area contributed by atoms with E-state index in [4.69, 9.17) is 9.47 Å². The molecule has 2 unspecified atom stereocenters. The molecular formula is C18H22N2O4. The van der Waals surface area contributed by atoms with Crippen LogP contribution in [0.1, 0.15) is 39.2 Å². The average Bonchev–Trinajstić information content (AvgIpc) is 2.53. The van der Waals surface area contributed by atoms with Crippen molar-refractivity contribution in [1.29, 1.82) is 0 Å². The van der Waals surface area contributed by atoms with E-state index in [9.17, 15) is 9.59 Å². The molecule has 0 aliphatic carbocycles. The van der Waals surface area contributed by atoms with Crippen LogP contribution in [0.3, 0.4) is 0 Å². The van der Waals surface area contributed by atoms with Gasteiger partial charge in [0, 0.05) is 29.7 Å². The van der Waals surface area contributed by atoms with Crippen LogP contribution in [0.2, 0.25) is 0 Å². The lowest BCUT2D eigenvalue weighted by Gasteiger charge is -2.31. The number of rotatable bonds is 4. The summed E-state index contributed by atoms with van der Waals surface area (Å²) in [5.74, 6) is -2.07. The minimum atomic E-state index is -0.671. The molecule has 0 spiro atoms. The number of nitrogens with zero attached hydrogens (tertiary/aromatic N) is 2. The first-order valence-corrected chi connectivity index (χ1v) is 7.81. The second-order valence-electron chi connectivity index (χ2n) is 5.97. The van der Waals surface area contributed by atoms with Crippen LogP contribution in [0.5, 0.6) is 0 Å². The van der Waals surface area contributed by atoms with E-state index in [0.717, 1.165) is 5.56 Å². The van der Waals surface area contributed by atoms with E-state index in [1.807, 2.05) is 0 Å². The van der Waals surface area contributed by atoms with E-state index in [-0.39, 0.29) is 6.10 Å². The number of ether oxygens (including phenoxy) is 2. The molecule has 0 saturated carbocycles. The average molecular weight is 330 g/mol. The van der Waals surface area contributed by atoms with Gasteiger partial charge in [0.2, 0.25) is 0 Å². The fraction of sp³-hybridized carbons (Fsp3) is 0.444. The first kappa shape index (κ1) is 17.8. The molecule has 1 aliphatic rings. The van der Waals surface area contributed by atoms with Crippen LogP contribution in [0.25, 0.3) is 0 Å². The summed E-state index contributed by atoms with van der Waals surface area (Å²) in [7, 11) is 1.33. The van der Waals surface area contributed by atoms with Gasteiger partial charge in [0.25, 0.3) is 0 Å². The van der Waals surface area contributed by atoms with Crippen molar-refractivity contribution in [3.05, 3.63) is 41.4 Å². The van der Waals surface area contributed by atoms with Crippen molar-refractivity contribution < 1.29 is 19.1 Å². The highest BCUT2D eigenvalue weighted by atomic mass is 16.5. The smallest absolute Gasteiger partial charge is 0.336 e. The summed E-state index contributed by atoms with van der Waals surface area (Å²) in [5, 5.41) is 0. The molecule has 2 rings (SSSR count). The van der Waals surface area contributed by atoms with E-state index in [1.54, 1.807) is 52.2 Å². The van der Waals surface area contributed by atoms with Gasteiger partial charge >= 0.3 is 11.9 Å². The molecule has 0 aromatic carbocycles. The van der Waals surface area contributed by atoms with E-state index in [0.29, 0.717) is 17.0 Å². The molecule has 0 radical (unpaired) electrons. The van der Waals surface area contributed by atoms with Crippen molar-refractivity contribution in [3.8, 4) is 0 Å². The highest BCUT2D eigenvalue weighted by Crippen LogP contribution is 2.39. The molecule has 6 nitrogen and oxygen atoms in total. The number of hydrogen-bond acceptors (Lipinski definition) is 6. The van der Waals surface area contributed by atoms with Crippen LogP contribution in [0.15, 0.2) is 40.8 Å². The third kappa shape index (κ3) is 3.53. The van der Waals surface area contributed by atoms with Gasteiger partial charge in [0.05, 0.1) is 18.8 Å². The Morgan fingerprint density at radius 2 is 1.79 bits per heavy atom. The summed E-state index contributed by atoms with van der Waals surface area (Å²) in [6.07, 6.45) is 3.00. The molecule has 1 aromatic heterocycles. The van der Waals surface area contributed by atoms with Crippen LogP contribution in [0.4, 0.5) is 0 Å². The van der Waals surface area contributed by atoms with Crippen molar-refractivity contribution in [2.24, 2.45) is 10.9 Å². The lowest BCUT2D eigenvalue weighted by molar-refractivity contribution is -0.145. The normalized spacial score (nSPS) is 20.7. The monoisotopic (exact) mass is 330 g/mol. The third-order valence-electron chi connectivity index (χ3n) is 3.91. The van der Waals surface area contributed by atoms with Gasteiger partial charge in [-0.05, 0) is 45.4 Å². The van der Waals surface area contributed by atoms with E-state index in [2.05, 4.69) is 9.98 Å². The van der Waals surface area contributed by atoms with Crippen molar-refractivity contribution >= 4 is 17.7 Å². The number of carbonyl (C=O) groups is 2. The van der Waals surface area contributed by atoms with Crippen LogP contribution >= 0.6 is 0 Å². The predicted molar refractivity (Wildman–Crippen MR) is 89.5 cm³/mol. The van der Waals surface area contributed by atoms with E-state index < -0.39 is 23.8 Å². The van der Waals surface area contributed by atoms with Crippen molar-refractivity contribution in [2.45, 2.75) is 39.7 Å². The predicted octanol–water partition coefficient (Wildman–Crippen LogP) is 2.65. The number of allylic oxidation sites excluding steroid dienone is 1. The highest BCUT2D eigenvalue weighted by molar-refractivity contribution is 6.06. The Labute approximate surface area is 141 Å². The van der Waals surface area contributed by atoms with Crippen LogP contribution in [0, 0.1) is 5.92 Å². The van der Waals surface area contributed by atoms with E-state index in [1.165, 1.54) is 7.11 Å². The summed E-state index contributed by atoms with van der Waals surface area (Å²) >= 11 is 0. The zero-order chi connectivity index (χ0) is 17.9. The molecule has 128 valence electrons. The maximum absolute atomic E-state index is 12.6. The molecule has 0 bridgehead atoms. The Balaban J connectivity index is 2.60. The third-order valence-corrected chi connectivity index (χ3v) is 3.91. The summed E-state index contributed by atoms with van der Waals surface area (Å²) < 4.78 is 10.3. The Morgan fingerprint density at radius 1 is 1.17 bits per heavy atom. The number of esters is 2. The minimum Gasteiger partial charge on any atom is -0.468 e. The van der Waals surface area contributed by atoms with Crippen molar-refractivity contribution in [3.63, 3.8) is 0 Å². The molecule has 1 aromatic rings. The molecule has 0 amide bonds. The molecular weight excluding hydrogens is 308 g/mol. The van der Waals surface area contributed by atoms with Gasteiger partial charge in [-0.3, -0.25) is 14.8 Å². The number of pyridine rings is 1. The minimum absolute atomic E-state index is 0.264. The summed E-state index contributed by atoms with van der Waals surface area (Å²) in [6.45, 7) is 7.08. The maximum atomic E-state index is 12.6. The molecule has 2 atom stereocenters. The van der Waals surface area contributed by atoms with Gasteiger partial charge in [-0.1, -0.05) is 0 Å². The molecule has 1 aliphatic heterocycles. The van der Waals surface area contributed by atoms with Gasteiger partial charge < -0.3 is 9.47 Å². The van der Waals surface area contributed by atoms with Crippen LogP contribution in [-0.4, -0.2) is 35.8 Å². The Bertz CT molecular complexity index is 692. The fourth-order valence-corrected chi connectivity index (χ4v) is 2.94. The first-order chi connectivity index (χ1) is 11.4. The molecule has 0 fully saturated rings. The summed E-state index contributed by atoms with van der Waals surface area (Å²) in [4.78, 5) is 33.4. The molecule has 24 heavy (non-hydrogen) atoms. The molecule has 0 saturated heterocycles. The number of aromatic nitrogens is 1. The first-order valence-electron chi connectivity index (χ1n) is 7.81. The van der Waals surface area contributed by atoms with Gasteiger partial charge in [-0.15, -0.1) is 0 Å². The van der Waals surface area contributed by atoms with Gasteiger partial charge in [0.15, 0.2) is 0 Å². The topological polar surface area (TPSA) is 77.8 Å². The van der Waals surface area contributed by atoms with Gasteiger partial charge in [-0.2, -0.15) is 0 Å². The number of carbonyl (C=O) groups excluding carboxylic acids is 2. The Morgan fingerprint density at radius 3 is 2.33 bits per heavy atom. The SMILES string of the molecule is COC(=O)C1C(C)=NC(C)=C(C(=O)OC(C)C)C1c1ccncc1. The van der Waals surface area contributed by atoms with Crippen molar-refractivity contribution in [2.75, 3.05) is 7.11 Å². The number of aliphatic imine (C=N–C) groups is 1. The number of methoxy groups -OCH3 is 1. The van der Waals surface area contributed by atoms with Crippen LogP contribution in [-0.2, 0) is 19.1 Å². The summed E-state index contributed by atoms with van der Waals surface area (Å²) in [6, 6.07) is 3.57.